The number of nitrogens with one attached hydrogen (secondary N) is 1. The second-order valence-electron chi connectivity index (χ2n) is 5.89. The monoisotopic (exact) mass is 364 g/mol. The van der Waals surface area contributed by atoms with E-state index in [1.54, 1.807) is 18.4 Å². The number of guanidine groups is 1. The number of thiophene rings is 1. The number of aryl methyl sites for hydroxylation is 1. The van der Waals surface area contributed by atoms with Gasteiger partial charge in [-0.2, -0.15) is 0 Å². The van der Waals surface area contributed by atoms with E-state index in [-0.39, 0.29) is 0 Å². The Kier molecular flexibility index (Phi) is 7.87. The molecule has 0 unspecified atom stereocenters. The van der Waals surface area contributed by atoms with Crippen molar-refractivity contribution in [1.82, 2.24) is 25.0 Å². The lowest BCUT2D eigenvalue weighted by Gasteiger charge is -2.22. The molecule has 138 valence electrons. The van der Waals surface area contributed by atoms with Gasteiger partial charge in [-0.05, 0) is 31.2 Å². The van der Waals surface area contributed by atoms with Crippen LogP contribution in [0.1, 0.15) is 22.9 Å². The van der Waals surface area contributed by atoms with Gasteiger partial charge < -0.3 is 19.5 Å². The van der Waals surface area contributed by atoms with E-state index < -0.39 is 0 Å². The summed E-state index contributed by atoms with van der Waals surface area (Å²) in [6.07, 6.45) is 1.95. The number of aliphatic imine (C=N–C) groups is 1. The summed E-state index contributed by atoms with van der Waals surface area (Å²) in [7, 11) is 5.75. The summed E-state index contributed by atoms with van der Waals surface area (Å²) < 4.78 is 7.08. The average molecular weight is 365 g/mol. The van der Waals surface area contributed by atoms with Gasteiger partial charge in [-0.25, -0.2) is 4.99 Å². The Hall–Kier alpha value is -1.93. The first kappa shape index (κ1) is 19.4. The van der Waals surface area contributed by atoms with Gasteiger partial charge in [0.05, 0.1) is 0 Å². The highest BCUT2D eigenvalue weighted by Crippen LogP contribution is 2.09. The standard InChI is InChI=1S/C17H28N6OS/c1-14-20-21-16(23(14)3)13-19-17(18-9-6-11-24-4)22(2)10-8-15-7-5-12-25-15/h5,7,12H,6,8-11,13H2,1-4H3,(H,18,19). The maximum atomic E-state index is 5.11. The van der Waals surface area contributed by atoms with E-state index in [0.29, 0.717) is 6.54 Å². The van der Waals surface area contributed by atoms with Gasteiger partial charge in [0.1, 0.15) is 12.4 Å². The Morgan fingerprint density at radius 1 is 1.44 bits per heavy atom. The first-order chi connectivity index (χ1) is 12.1. The first-order valence-corrected chi connectivity index (χ1v) is 9.35. The van der Waals surface area contributed by atoms with Gasteiger partial charge in [-0.15, -0.1) is 21.5 Å². The third kappa shape index (κ3) is 6.13. The molecule has 0 radical (unpaired) electrons. The molecule has 0 spiro atoms. The number of nitrogens with zero attached hydrogens (tertiary/aromatic N) is 5. The number of hydrogen-bond donors (Lipinski definition) is 1. The predicted octanol–water partition coefficient (Wildman–Crippen LogP) is 1.84. The quantitative estimate of drug-likeness (QED) is 0.418. The fourth-order valence-corrected chi connectivity index (χ4v) is 3.00. The third-order valence-electron chi connectivity index (χ3n) is 4.00. The molecule has 2 aromatic heterocycles. The molecule has 7 nitrogen and oxygen atoms in total. The summed E-state index contributed by atoms with van der Waals surface area (Å²) >= 11 is 1.79. The van der Waals surface area contributed by atoms with Crippen LogP contribution in [0.2, 0.25) is 0 Å². The van der Waals surface area contributed by atoms with Gasteiger partial charge in [0.15, 0.2) is 11.8 Å². The van der Waals surface area contributed by atoms with Crippen molar-refractivity contribution in [3.05, 3.63) is 34.0 Å². The van der Waals surface area contributed by atoms with E-state index in [2.05, 4.69) is 45.0 Å². The molecule has 2 heterocycles. The van der Waals surface area contributed by atoms with Crippen molar-refractivity contribution < 1.29 is 4.74 Å². The van der Waals surface area contributed by atoms with Crippen LogP contribution in [-0.2, 0) is 24.8 Å². The molecule has 1 N–H and O–H groups in total. The zero-order chi connectivity index (χ0) is 18.1. The number of likely N-dealkylation sites (N-methyl/N-ethyl adjacent to an activating group) is 1. The van der Waals surface area contributed by atoms with Gasteiger partial charge in [0.25, 0.3) is 0 Å². The highest BCUT2D eigenvalue weighted by atomic mass is 32.1. The number of hydrogen-bond acceptors (Lipinski definition) is 5. The van der Waals surface area contributed by atoms with Crippen molar-refractivity contribution in [1.29, 1.82) is 0 Å². The van der Waals surface area contributed by atoms with E-state index in [1.807, 2.05) is 18.5 Å². The highest BCUT2D eigenvalue weighted by molar-refractivity contribution is 7.09. The zero-order valence-electron chi connectivity index (χ0n) is 15.5. The lowest BCUT2D eigenvalue weighted by molar-refractivity contribution is 0.195. The lowest BCUT2D eigenvalue weighted by Crippen LogP contribution is -2.40. The molecule has 8 heteroatoms. The van der Waals surface area contributed by atoms with E-state index >= 15 is 0 Å². The maximum Gasteiger partial charge on any atom is 0.194 e. The average Bonchev–Trinajstić information content (AvgIpc) is 3.24. The Morgan fingerprint density at radius 2 is 2.28 bits per heavy atom. The molecular weight excluding hydrogens is 336 g/mol. The van der Waals surface area contributed by atoms with Crippen molar-refractivity contribution in [2.45, 2.75) is 26.3 Å². The van der Waals surface area contributed by atoms with Gasteiger partial charge in [-0.3, -0.25) is 0 Å². The Bertz CT molecular complexity index is 652. The summed E-state index contributed by atoms with van der Waals surface area (Å²) in [5.41, 5.74) is 0. The van der Waals surface area contributed by atoms with Crippen molar-refractivity contribution in [3.8, 4) is 0 Å². The smallest absolute Gasteiger partial charge is 0.194 e. The third-order valence-corrected chi connectivity index (χ3v) is 4.93. The molecular formula is C17H28N6OS. The van der Waals surface area contributed by atoms with E-state index in [4.69, 9.17) is 9.73 Å². The molecule has 0 saturated carbocycles. The first-order valence-electron chi connectivity index (χ1n) is 8.47. The number of rotatable bonds is 9. The minimum atomic E-state index is 0.507. The molecule has 0 saturated heterocycles. The van der Waals surface area contributed by atoms with E-state index in [0.717, 1.165) is 50.1 Å². The maximum absolute atomic E-state index is 5.11. The van der Waals surface area contributed by atoms with Crippen molar-refractivity contribution >= 4 is 17.3 Å². The molecule has 0 fully saturated rings. The van der Waals surface area contributed by atoms with E-state index in [9.17, 15) is 0 Å². The van der Waals surface area contributed by atoms with Crippen LogP contribution in [0.15, 0.2) is 22.5 Å². The van der Waals surface area contributed by atoms with Crippen LogP contribution in [0, 0.1) is 6.92 Å². The number of aromatic nitrogens is 3. The topological polar surface area (TPSA) is 67.6 Å². The number of methoxy groups -OCH3 is 1. The second kappa shape index (κ2) is 10.1. The van der Waals surface area contributed by atoms with Gasteiger partial charge >= 0.3 is 0 Å². The van der Waals surface area contributed by atoms with Gasteiger partial charge in [0, 0.05) is 45.8 Å². The van der Waals surface area contributed by atoms with Crippen LogP contribution in [0.25, 0.3) is 0 Å². The molecule has 2 rings (SSSR count). The van der Waals surface area contributed by atoms with Crippen LogP contribution in [0.3, 0.4) is 0 Å². The highest BCUT2D eigenvalue weighted by Gasteiger charge is 2.09. The molecule has 0 atom stereocenters. The lowest BCUT2D eigenvalue weighted by atomic mass is 10.3. The summed E-state index contributed by atoms with van der Waals surface area (Å²) in [4.78, 5) is 8.28. The van der Waals surface area contributed by atoms with Crippen LogP contribution >= 0.6 is 11.3 Å². The summed E-state index contributed by atoms with van der Waals surface area (Å²) in [5, 5.41) is 13.8. The normalized spacial score (nSPS) is 11.8. The molecule has 25 heavy (non-hydrogen) atoms. The predicted molar refractivity (Wildman–Crippen MR) is 102 cm³/mol. The Balaban J connectivity index is 1.97. The SMILES string of the molecule is COCCCNC(=NCc1nnc(C)n1C)N(C)CCc1cccs1. The molecule has 0 aliphatic heterocycles. The molecule has 0 bridgehead atoms. The molecule has 2 aromatic rings. The van der Waals surface area contributed by atoms with Crippen molar-refractivity contribution in [2.75, 3.05) is 33.9 Å². The summed E-state index contributed by atoms with van der Waals surface area (Å²) in [6.45, 7) is 4.93. The molecule has 0 aromatic carbocycles. The van der Waals surface area contributed by atoms with Crippen molar-refractivity contribution in [3.63, 3.8) is 0 Å². The van der Waals surface area contributed by atoms with Crippen LogP contribution in [0.5, 0.6) is 0 Å². The minimum Gasteiger partial charge on any atom is -0.385 e. The summed E-state index contributed by atoms with van der Waals surface area (Å²) in [6, 6.07) is 4.26. The van der Waals surface area contributed by atoms with Crippen LogP contribution in [0.4, 0.5) is 0 Å². The Labute approximate surface area is 153 Å². The van der Waals surface area contributed by atoms with Crippen molar-refractivity contribution in [2.24, 2.45) is 12.0 Å². The second-order valence-corrected chi connectivity index (χ2v) is 6.92. The molecule has 0 amide bonds. The van der Waals surface area contributed by atoms with Crippen LogP contribution in [-0.4, -0.2) is 59.5 Å². The minimum absolute atomic E-state index is 0.507. The molecule has 0 aliphatic rings. The van der Waals surface area contributed by atoms with Gasteiger partial charge in [0.2, 0.25) is 0 Å². The number of ether oxygens (including phenoxy) is 1. The molecule has 0 aliphatic carbocycles. The largest absolute Gasteiger partial charge is 0.385 e. The Morgan fingerprint density at radius 3 is 2.92 bits per heavy atom. The zero-order valence-corrected chi connectivity index (χ0v) is 16.3. The fraction of sp³-hybridized carbons (Fsp3) is 0.588. The van der Waals surface area contributed by atoms with E-state index in [1.165, 1.54) is 4.88 Å². The van der Waals surface area contributed by atoms with Crippen LogP contribution < -0.4 is 5.32 Å². The summed E-state index contributed by atoms with van der Waals surface area (Å²) in [5.74, 6) is 2.64. The fourth-order valence-electron chi connectivity index (χ4n) is 2.30. The van der Waals surface area contributed by atoms with Gasteiger partial charge in [-0.1, -0.05) is 6.07 Å².